The molecule has 0 saturated carbocycles. The topological polar surface area (TPSA) is 134 Å². The zero-order valence-corrected chi connectivity index (χ0v) is 21.7. The maximum atomic E-state index is 13.6. The van der Waals surface area contributed by atoms with Gasteiger partial charge in [-0.1, -0.05) is 6.07 Å². The molecule has 0 unspecified atom stereocenters. The molecule has 11 heteroatoms. The molecular weight excluding hydrogens is 500 g/mol. The largest absolute Gasteiger partial charge is 0.354 e. The van der Waals surface area contributed by atoms with Crippen molar-refractivity contribution in [3.8, 4) is 11.1 Å². The predicted molar refractivity (Wildman–Crippen MR) is 142 cm³/mol. The molecule has 3 aliphatic rings. The number of aryl methyl sites for hydroxylation is 3. The van der Waals surface area contributed by atoms with Crippen LogP contribution in [0.5, 0.6) is 0 Å². The van der Waals surface area contributed by atoms with E-state index in [1.807, 2.05) is 32.3 Å². The highest BCUT2D eigenvalue weighted by Gasteiger charge is 2.45. The molecule has 6 rings (SSSR count). The average Bonchev–Trinajstić information content (AvgIpc) is 3.36. The Kier molecular flexibility index (Phi) is 5.60. The number of carbonyl (C=O) groups is 5. The van der Waals surface area contributed by atoms with E-state index in [1.54, 1.807) is 34.8 Å². The molecule has 1 saturated heterocycles. The Morgan fingerprint density at radius 1 is 0.923 bits per heavy atom. The Bertz CT molecular complexity index is 1620. The smallest absolute Gasteiger partial charge is 0.264 e. The molecule has 1 fully saturated rings. The van der Waals surface area contributed by atoms with Crippen molar-refractivity contribution < 1.29 is 24.0 Å². The lowest BCUT2D eigenvalue weighted by molar-refractivity contribution is -0.136. The number of piperidine rings is 1. The average molecular weight is 527 g/mol. The van der Waals surface area contributed by atoms with E-state index in [9.17, 15) is 24.0 Å². The third kappa shape index (κ3) is 3.89. The van der Waals surface area contributed by atoms with Crippen LogP contribution in [0.25, 0.3) is 11.1 Å². The maximum Gasteiger partial charge on any atom is 0.264 e. The zero-order chi connectivity index (χ0) is 27.6. The van der Waals surface area contributed by atoms with Crippen molar-refractivity contribution in [1.82, 2.24) is 20.0 Å². The highest BCUT2D eigenvalue weighted by molar-refractivity contribution is 6.25. The summed E-state index contributed by atoms with van der Waals surface area (Å²) in [6.07, 6.45) is 3.06. The first-order valence-corrected chi connectivity index (χ1v) is 12.7. The van der Waals surface area contributed by atoms with Crippen LogP contribution in [0, 0.1) is 6.92 Å². The molecule has 198 valence electrons. The van der Waals surface area contributed by atoms with E-state index < -0.39 is 29.7 Å². The molecule has 2 aromatic carbocycles. The summed E-state index contributed by atoms with van der Waals surface area (Å²) in [7, 11) is 3.58. The van der Waals surface area contributed by atoms with Gasteiger partial charge in [-0.05, 0) is 49.6 Å². The number of benzene rings is 2. The first-order valence-electron chi connectivity index (χ1n) is 12.7. The standard InChI is InChI=1S/C28H26N6O5/c1-14-18(13-32(2)31-14)17-11-15-7-10-24(36)33(3)22(15)12-20(17)29-19-6-4-5-16-25(19)28(39)34(27(16)38)21-8-9-23(35)30-26(21)37/h4-6,11-13,21,29H,7-10H2,1-3H3,(H,30,35,37)/t21-/m0/s1. The van der Waals surface area contributed by atoms with Crippen LogP contribution in [-0.4, -0.2) is 57.3 Å². The van der Waals surface area contributed by atoms with Crippen LogP contribution in [0.2, 0.25) is 0 Å². The van der Waals surface area contributed by atoms with Crippen LogP contribution >= 0.6 is 0 Å². The van der Waals surface area contributed by atoms with Crippen molar-refractivity contribution >= 4 is 46.6 Å². The fraction of sp³-hybridized carbons (Fsp3) is 0.286. The Balaban J connectivity index is 1.44. The molecule has 39 heavy (non-hydrogen) atoms. The normalized spacial score (nSPS) is 18.8. The SMILES string of the molecule is Cc1nn(C)cc1-c1cc2c(cc1Nc1cccc3c1C(=O)N([C@H]1CCC(=O)NC1=O)C3=O)N(C)C(=O)CC2. The third-order valence-electron chi connectivity index (χ3n) is 7.60. The number of amides is 5. The van der Waals surface area contributed by atoms with Gasteiger partial charge in [-0.25, -0.2) is 0 Å². The van der Waals surface area contributed by atoms with Gasteiger partial charge in [0.1, 0.15) is 6.04 Å². The number of nitrogens with one attached hydrogen (secondary N) is 2. The van der Waals surface area contributed by atoms with Crippen molar-refractivity contribution in [3.63, 3.8) is 0 Å². The molecule has 4 heterocycles. The highest BCUT2D eigenvalue weighted by atomic mass is 16.2. The van der Waals surface area contributed by atoms with E-state index in [0.29, 0.717) is 24.2 Å². The van der Waals surface area contributed by atoms with Gasteiger partial charge >= 0.3 is 0 Å². The lowest BCUT2D eigenvalue weighted by Gasteiger charge is -2.28. The molecule has 0 radical (unpaired) electrons. The summed E-state index contributed by atoms with van der Waals surface area (Å²) in [5.74, 6) is -2.25. The minimum Gasteiger partial charge on any atom is -0.354 e. The van der Waals surface area contributed by atoms with E-state index in [-0.39, 0.29) is 29.9 Å². The second kappa shape index (κ2) is 8.90. The number of hydrogen-bond acceptors (Lipinski definition) is 7. The minimum atomic E-state index is -1.06. The Hall–Kier alpha value is -4.80. The number of fused-ring (bicyclic) bond motifs is 2. The second-order valence-electron chi connectivity index (χ2n) is 10.1. The Labute approximate surface area is 223 Å². The molecule has 1 atom stereocenters. The monoisotopic (exact) mass is 526 g/mol. The lowest BCUT2D eigenvalue weighted by atomic mass is 9.94. The third-order valence-corrected chi connectivity index (χ3v) is 7.60. The Morgan fingerprint density at radius 3 is 2.44 bits per heavy atom. The summed E-state index contributed by atoms with van der Waals surface area (Å²) in [6, 6.07) is 7.79. The first-order chi connectivity index (χ1) is 18.6. The predicted octanol–water partition coefficient (Wildman–Crippen LogP) is 2.45. The van der Waals surface area contributed by atoms with E-state index in [1.165, 1.54) is 0 Å². The number of imide groups is 2. The molecule has 3 aliphatic heterocycles. The van der Waals surface area contributed by atoms with Crippen molar-refractivity contribution in [1.29, 1.82) is 0 Å². The molecule has 11 nitrogen and oxygen atoms in total. The van der Waals surface area contributed by atoms with E-state index in [0.717, 1.165) is 33.0 Å². The highest BCUT2D eigenvalue weighted by Crippen LogP contribution is 2.41. The van der Waals surface area contributed by atoms with E-state index in [4.69, 9.17) is 0 Å². The molecule has 3 aromatic rings. The van der Waals surface area contributed by atoms with Crippen LogP contribution in [0.1, 0.15) is 51.2 Å². The van der Waals surface area contributed by atoms with Crippen LogP contribution in [0.3, 0.4) is 0 Å². The molecule has 1 aromatic heterocycles. The maximum absolute atomic E-state index is 13.6. The van der Waals surface area contributed by atoms with Crippen LogP contribution in [-0.2, 0) is 27.9 Å². The molecule has 0 spiro atoms. The second-order valence-corrected chi connectivity index (χ2v) is 10.1. The minimum absolute atomic E-state index is 0.0139. The van der Waals surface area contributed by atoms with Gasteiger partial charge in [-0.2, -0.15) is 5.10 Å². The van der Waals surface area contributed by atoms with Crippen LogP contribution in [0.15, 0.2) is 36.5 Å². The Morgan fingerprint density at radius 2 is 1.72 bits per heavy atom. The van der Waals surface area contributed by atoms with Crippen LogP contribution in [0.4, 0.5) is 17.1 Å². The fourth-order valence-electron chi connectivity index (χ4n) is 5.64. The molecular formula is C28H26N6O5. The summed E-state index contributed by atoms with van der Waals surface area (Å²) in [5, 5.41) is 10.1. The molecule has 5 amide bonds. The van der Waals surface area contributed by atoms with Gasteiger partial charge in [0.05, 0.1) is 22.5 Å². The van der Waals surface area contributed by atoms with Gasteiger partial charge in [0.15, 0.2) is 0 Å². The number of rotatable bonds is 4. The van der Waals surface area contributed by atoms with E-state index >= 15 is 0 Å². The fourth-order valence-corrected chi connectivity index (χ4v) is 5.64. The summed E-state index contributed by atoms with van der Waals surface area (Å²) in [5.41, 5.74) is 5.71. The van der Waals surface area contributed by atoms with Crippen molar-refractivity contribution in [2.75, 3.05) is 17.3 Å². The van der Waals surface area contributed by atoms with Gasteiger partial charge in [0.25, 0.3) is 11.8 Å². The quantitative estimate of drug-likeness (QED) is 0.499. The summed E-state index contributed by atoms with van der Waals surface area (Å²) >= 11 is 0. The summed E-state index contributed by atoms with van der Waals surface area (Å²) < 4.78 is 1.73. The van der Waals surface area contributed by atoms with Crippen molar-refractivity contribution in [3.05, 3.63) is 58.9 Å². The molecule has 0 bridgehead atoms. The molecule has 0 aliphatic carbocycles. The first kappa shape index (κ1) is 24.5. The summed E-state index contributed by atoms with van der Waals surface area (Å²) in [6.45, 7) is 1.91. The van der Waals surface area contributed by atoms with Crippen molar-refractivity contribution in [2.24, 2.45) is 7.05 Å². The van der Waals surface area contributed by atoms with E-state index in [2.05, 4.69) is 15.7 Å². The zero-order valence-electron chi connectivity index (χ0n) is 21.7. The van der Waals surface area contributed by atoms with Gasteiger partial charge in [-0.15, -0.1) is 0 Å². The van der Waals surface area contributed by atoms with Crippen LogP contribution < -0.4 is 15.5 Å². The van der Waals surface area contributed by atoms with Gasteiger partial charge in [0, 0.05) is 55.6 Å². The number of carbonyl (C=O) groups excluding carboxylic acids is 5. The number of anilines is 3. The van der Waals surface area contributed by atoms with Crippen molar-refractivity contribution in [2.45, 2.75) is 38.6 Å². The van der Waals surface area contributed by atoms with Gasteiger partial charge in [0.2, 0.25) is 17.7 Å². The number of hydrogen-bond donors (Lipinski definition) is 2. The lowest BCUT2D eigenvalue weighted by Crippen LogP contribution is -2.54. The number of nitrogens with zero attached hydrogens (tertiary/aromatic N) is 4. The summed E-state index contributed by atoms with van der Waals surface area (Å²) in [4.78, 5) is 66.1. The number of aromatic nitrogens is 2. The van der Waals surface area contributed by atoms with Gasteiger partial charge in [-0.3, -0.25) is 38.9 Å². The molecule has 2 N–H and O–H groups in total. The van der Waals surface area contributed by atoms with Gasteiger partial charge < -0.3 is 10.2 Å².